The van der Waals surface area contributed by atoms with Crippen LogP contribution in [-0.2, 0) is 33.3 Å². The van der Waals surface area contributed by atoms with Crippen molar-refractivity contribution in [3.05, 3.63) is 115 Å². The number of ketones is 2. The summed E-state index contributed by atoms with van der Waals surface area (Å²) in [5.41, 5.74) is 7.35. The van der Waals surface area contributed by atoms with Gasteiger partial charge >= 0.3 is 11.9 Å². The average molecular weight is 1130 g/mol. The monoisotopic (exact) mass is 1130 g/mol. The number of hydrogen-bond donors (Lipinski definition) is 13. The molecule has 14 N–H and O–H groups in total. The number of anilines is 1. The molecule has 3 heterocycles. The van der Waals surface area contributed by atoms with Crippen LogP contribution < -0.4 is 11.1 Å². The molecule has 3 aliphatic rings. The number of esters is 1. The minimum absolute atomic E-state index is 0.106. The number of benzene rings is 1. The number of nitrogens with one attached hydrogen (secondary N) is 1. The number of carbonyl (C=O) groups is 4. The second-order valence-electron chi connectivity index (χ2n) is 21.4. The van der Waals surface area contributed by atoms with Crippen LogP contribution in [0.5, 0.6) is 0 Å². The molecule has 3 aliphatic heterocycles. The van der Waals surface area contributed by atoms with Crippen LogP contribution in [0, 0.1) is 17.8 Å². The van der Waals surface area contributed by atoms with Crippen molar-refractivity contribution in [1.29, 1.82) is 0 Å². The summed E-state index contributed by atoms with van der Waals surface area (Å²) in [5.74, 6) is -7.75. The second kappa shape index (κ2) is 33.7. The first-order chi connectivity index (χ1) is 37.9. The Kier molecular flexibility index (Phi) is 28.4. The van der Waals surface area contributed by atoms with Gasteiger partial charge in [-0.2, -0.15) is 0 Å². The number of ether oxygens (including phenoxy) is 4. The Morgan fingerprint density at radius 2 is 1.27 bits per heavy atom. The van der Waals surface area contributed by atoms with E-state index >= 15 is 0 Å². The number of nitrogens with two attached hydrogens (primary N) is 1. The third-order valence-electron chi connectivity index (χ3n) is 14.4. The van der Waals surface area contributed by atoms with Crippen molar-refractivity contribution in [1.82, 2.24) is 0 Å². The van der Waals surface area contributed by atoms with Gasteiger partial charge in [-0.25, -0.2) is 0 Å². The van der Waals surface area contributed by atoms with Crippen LogP contribution in [0.3, 0.4) is 0 Å². The van der Waals surface area contributed by atoms with E-state index in [2.05, 4.69) is 5.32 Å². The van der Waals surface area contributed by atoms with E-state index in [0.29, 0.717) is 12.0 Å². The number of allylic oxidation sites excluding steroid dienone is 12. The normalized spacial score (nSPS) is 38.0. The van der Waals surface area contributed by atoms with Gasteiger partial charge in [0.15, 0.2) is 17.9 Å². The Hall–Kier alpha value is -5.08. The summed E-state index contributed by atoms with van der Waals surface area (Å²) >= 11 is 0. The fraction of sp³-hybridized carbons (Fsp3) is 0.593. The first-order valence-electron chi connectivity index (χ1n) is 27.4. The number of carboxylic acids is 1. The third-order valence-corrected chi connectivity index (χ3v) is 14.4. The first-order valence-corrected chi connectivity index (χ1v) is 27.4. The summed E-state index contributed by atoms with van der Waals surface area (Å²) in [5, 5.41) is 122. The summed E-state index contributed by atoms with van der Waals surface area (Å²) in [4.78, 5) is 51.7. The zero-order chi connectivity index (χ0) is 59.1. The van der Waals surface area contributed by atoms with Gasteiger partial charge in [0.2, 0.25) is 0 Å². The Balaban J connectivity index is 1.54. The minimum atomic E-state index is -2.34. The van der Waals surface area contributed by atoms with E-state index in [1.165, 1.54) is 13.0 Å². The lowest BCUT2D eigenvalue weighted by Crippen LogP contribution is -2.61. The molecule has 2 saturated heterocycles. The molecule has 0 saturated carbocycles. The van der Waals surface area contributed by atoms with E-state index in [9.17, 15) is 75.3 Å². The van der Waals surface area contributed by atoms with Crippen molar-refractivity contribution >= 4 is 29.2 Å². The molecule has 2 bridgehead atoms. The number of carbonyl (C=O) groups excluding carboxylic acids is 3. The van der Waals surface area contributed by atoms with Crippen molar-refractivity contribution < 1.29 is 94.3 Å². The molecular formula is C59H86N2O19. The summed E-state index contributed by atoms with van der Waals surface area (Å²) in [6.45, 7) is 5.22. The minimum Gasteiger partial charge on any atom is -0.481 e. The van der Waals surface area contributed by atoms with Crippen molar-refractivity contribution in [3.8, 4) is 0 Å². The van der Waals surface area contributed by atoms with E-state index in [1.807, 2.05) is 19.9 Å². The number of fused-ring (bicyclic) bond motifs is 2. The highest BCUT2D eigenvalue weighted by atomic mass is 16.7. The van der Waals surface area contributed by atoms with Gasteiger partial charge < -0.3 is 86.2 Å². The molecule has 2 fully saturated rings. The number of aliphatic carboxylic acids is 1. The fourth-order valence-corrected chi connectivity index (χ4v) is 10.1. The number of aliphatic hydroxyl groups excluding tert-OH is 9. The lowest BCUT2D eigenvalue weighted by Gasteiger charge is -2.45. The number of aliphatic hydroxyl groups is 10. The first kappa shape index (κ1) is 67.4. The molecule has 1 aromatic carbocycles. The van der Waals surface area contributed by atoms with E-state index in [0.717, 1.165) is 5.69 Å². The standard InChI is InChI=1S/C59H86N2O19/c1-35-17-15-13-11-9-7-5-6-8-10-12-14-16-18-47(78-58-55(73)53(60)54(72)37(3)77-58)32-50-52(57(74)75)49(70)34-59(76,80-50)33-46(68)29-44(66)27-42(64)25-41(63)26-43(65)28-45(67)31-51(71)79-56(35)36(2)19-24-40(62)30-48(69)38-20-22-39(61-4)23-21-38/h5-18,20-23,35-37,40-42,44-47,49-50,52-56,58,61-64,66-68,70,72-73,76H,19,24-34,60H2,1-4H3,(H,74,75)/b6-5-,9-7-,10-8+,13-11+,14-12+,17-15+,18-16+/t35-,36-,37?,40?,41+,42-,44-,45+,46-,47-,49-,50?,52+,53?,54?,55?,56?,58?,59+/m0/s1. The fourth-order valence-electron chi connectivity index (χ4n) is 10.1. The van der Waals surface area contributed by atoms with Gasteiger partial charge in [-0.1, -0.05) is 98.9 Å². The molecule has 0 spiro atoms. The van der Waals surface area contributed by atoms with Crippen LogP contribution in [0.1, 0.15) is 108 Å². The molecule has 446 valence electrons. The smallest absolute Gasteiger partial charge is 0.311 e. The molecule has 8 unspecified atom stereocenters. The van der Waals surface area contributed by atoms with Crippen LogP contribution in [0.2, 0.25) is 0 Å². The van der Waals surface area contributed by atoms with Crippen molar-refractivity contribution in [2.75, 3.05) is 12.4 Å². The van der Waals surface area contributed by atoms with Crippen LogP contribution in [0.25, 0.3) is 0 Å². The summed E-state index contributed by atoms with van der Waals surface area (Å²) < 4.78 is 23.7. The predicted molar refractivity (Wildman–Crippen MR) is 295 cm³/mol. The molecule has 0 aromatic heterocycles. The molecule has 0 radical (unpaired) electrons. The number of rotatable bonds is 11. The van der Waals surface area contributed by atoms with Crippen molar-refractivity contribution in [3.63, 3.8) is 0 Å². The molecule has 21 nitrogen and oxygen atoms in total. The number of hydrogen-bond acceptors (Lipinski definition) is 20. The van der Waals surface area contributed by atoms with Gasteiger partial charge in [0.1, 0.15) is 23.9 Å². The SMILES string of the molecule is CNc1ccc(C(=O)CC(O)CC[C@H](C)C2OC(=O)C[C@H](O)CC(=O)C[C@H](O)C[C@H](O)C[C@H](O)C[C@H](O)C[C@]3(O)C[C@H](O)[C@@H](C(=O)O)C(C[C@@H](OC4OC(C)C(O)C(N)C4O)/C=C/C=C/C=C/C=C\C=C/C=C/C=C/[C@@H]2C)O3)cc1. The lowest BCUT2D eigenvalue weighted by atomic mass is 9.82. The van der Waals surface area contributed by atoms with Gasteiger partial charge in [-0.3, -0.25) is 19.2 Å². The second-order valence-corrected chi connectivity index (χ2v) is 21.4. The van der Waals surface area contributed by atoms with Crippen LogP contribution >= 0.6 is 0 Å². The lowest BCUT2D eigenvalue weighted by molar-refractivity contribution is -0.308. The molecular weight excluding hydrogens is 1040 g/mol. The maximum absolute atomic E-state index is 13.3. The Morgan fingerprint density at radius 3 is 1.86 bits per heavy atom. The van der Waals surface area contributed by atoms with Crippen LogP contribution in [0.15, 0.2) is 109 Å². The molecule has 21 heteroatoms. The summed E-state index contributed by atoms with van der Waals surface area (Å²) in [6, 6.07) is 5.74. The Morgan fingerprint density at radius 1 is 0.725 bits per heavy atom. The van der Waals surface area contributed by atoms with Gasteiger partial charge in [0.05, 0.1) is 79.6 Å². The Labute approximate surface area is 468 Å². The average Bonchev–Trinajstić information content (AvgIpc) is 3.48. The Bertz CT molecular complexity index is 2300. The summed E-state index contributed by atoms with van der Waals surface area (Å²) in [6.07, 6.45) is 1.86. The van der Waals surface area contributed by atoms with Gasteiger partial charge in [0, 0.05) is 62.7 Å². The van der Waals surface area contributed by atoms with E-state index in [4.69, 9.17) is 24.7 Å². The molecule has 80 heavy (non-hydrogen) atoms. The topological polar surface area (TPSA) is 366 Å². The molecule has 1 aromatic rings. The van der Waals surface area contributed by atoms with Gasteiger partial charge in [-0.15, -0.1) is 0 Å². The third kappa shape index (κ3) is 23.0. The van der Waals surface area contributed by atoms with Crippen LogP contribution in [-0.4, -0.2) is 184 Å². The predicted octanol–water partition coefficient (Wildman–Crippen LogP) is 2.75. The molecule has 19 atom stereocenters. The van der Waals surface area contributed by atoms with Crippen LogP contribution in [0.4, 0.5) is 5.69 Å². The highest BCUT2D eigenvalue weighted by Crippen LogP contribution is 2.38. The van der Waals surface area contributed by atoms with Crippen molar-refractivity contribution in [2.24, 2.45) is 23.5 Å². The number of carboxylic acid groups (broad SMARTS) is 1. The summed E-state index contributed by atoms with van der Waals surface area (Å²) in [7, 11) is 1.77. The molecule has 0 aliphatic carbocycles. The quantitative estimate of drug-likeness (QED) is 0.112. The maximum atomic E-state index is 13.3. The molecule has 4 rings (SSSR count). The van der Waals surface area contributed by atoms with Gasteiger partial charge in [-0.05, 0) is 69.2 Å². The highest BCUT2D eigenvalue weighted by molar-refractivity contribution is 5.96. The molecule has 0 amide bonds. The number of Topliss-reactive ketones (excluding diaryl/α,β-unsaturated/α-hetero) is 2. The van der Waals surface area contributed by atoms with E-state index in [1.54, 1.807) is 104 Å². The number of cyclic esters (lactones) is 1. The van der Waals surface area contributed by atoms with Gasteiger partial charge in [0.25, 0.3) is 0 Å². The zero-order valence-electron chi connectivity index (χ0n) is 46.0. The highest BCUT2D eigenvalue weighted by Gasteiger charge is 2.51. The van der Waals surface area contributed by atoms with Crippen molar-refractivity contribution in [2.45, 2.75) is 195 Å². The largest absolute Gasteiger partial charge is 0.481 e. The maximum Gasteiger partial charge on any atom is 0.311 e. The zero-order valence-corrected chi connectivity index (χ0v) is 46.0. The van der Waals surface area contributed by atoms with E-state index in [-0.39, 0.29) is 36.9 Å². The van der Waals surface area contributed by atoms with E-state index < -0.39 is 172 Å².